The fourth-order valence-corrected chi connectivity index (χ4v) is 8.89. The number of aromatic amines is 1. The average molecular weight is 792 g/mol. The van der Waals surface area contributed by atoms with Crippen LogP contribution in [0.1, 0.15) is 42.4 Å². The van der Waals surface area contributed by atoms with E-state index in [4.69, 9.17) is 5.73 Å². The van der Waals surface area contributed by atoms with Gasteiger partial charge >= 0.3 is 5.97 Å². The van der Waals surface area contributed by atoms with Crippen LogP contribution < -0.4 is 27.0 Å². The monoisotopic (exact) mass is 791 g/mol. The molecule has 298 valence electrons. The lowest BCUT2D eigenvalue weighted by atomic mass is 9.88. The largest absolute Gasteiger partial charge is 0.481 e. The smallest absolute Gasteiger partial charge is 0.306 e. The Labute approximate surface area is 334 Å². The topological polar surface area (TPSA) is 199 Å². The summed E-state index contributed by atoms with van der Waals surface area (Å²) in [5.41, 5.74) is 8.78. The van der Waals surface area contributed by atoms with Crippen molar-refractivity contribution in [3.05, 3.63) is 107 Å². The molecule has 0 aliphatic carbocycles. The molecular weight excluding hydrogens is 743 g/mol. The van der Waals surface area contributed by atoms with Crippen LogP contribution in [-0.2, 0) is 43.2 Å². The number of nitrogens with one attached hydrogen (secondary N) is 5. The third-order valence-electron chi connectivity index (χ3n) is 11.3. The summed E-state index contributed by atoms with van der Waals surface area (Å²) in [4.78, 5) is 73.7. The van der Waals surface area contributed by atoms with Gasteiger partial charge in [0.05, 0.1) is 11.5 Å². The Morgan fingerprint density at radius 1 is 0.772 bits per heavy atom. The molecule has 57 heavy (non-hydrogen) atoms. The number of rotatable bonds is 14. The third-order valence-corrected chi connectivity index (χ3v) is 12.4. The average Bonchev–Trinajstić information content (AvgIpc) is 3.84. The number of H-pyrrole nitrogens is 1. The number of carbonyl (C=O) groups excluding carboxylic acids is 4. The number of fused-ring (bicyclic) bond motifs is 2. The van der Waals surface area contributed by atoms with E-state index in [0.717, 1.165) is 37.7 Å². The molecule has 2 aromatic heterocycles. The molecule has 8 N–H and O–H groups in total. The maximum absolute atomic E-state index is 14.7. The normalized spacial score (nSPS) is 17.4. The zero-order chi connectivity index (χ0) is 39.9. The summed E-state index contributed by atoms with van der Waals surface area (Å²) in [6.45, 7) is 1.65. The molecule has 2 fully saturated rings. The Morgan fingerprint density at radius 3 is 2.11 bits per heavy atom. The number of benzene rings is 3. The fourth-order valence-electron chi connectivity index (χ4n) is 7.91. The molecule has 3 atom stereocenters. The third kappa shape index (κ3) is 9.36. The van der Waals surface area contributed by atoms with Crippen LogP contribution in [0.4, 0.5) is 0 Å². The number of nitrogens with two attached hydrogens (primary N) is 1. The second-order valence-corrected chi connectivity index (χ2v) is 16.1. The van der Waals surface area contributed by atoms with Gasteiger partial charge < -0.3 is 42.0 Å². The summed E-state index contributed by atoms with van der Waals surface area (Å²) in [6, 6.07) is 21.6. The highest BCUT2D eigenvalue weighted by molar-refractivity contribution is 7.17. The Bertz CT molecular complexity index is 2220. The summed E-state index contributed by atoms with van der Waals surface area (Å²) in [6.07, 6.45) is 3.71. The molecule has 14 heteroatoms. The van der Waals surface area contributed by atoms with E-state index in [0.29, 0.717) is 38.8 Å². The lowest BCUT2D eigenvalue weighted by molar-refractivity contribution is -0.146. The molecule has 0 radical (unpaired) electrons. The molecule has 4 heterocycles. The van der Waals surface area contributed by atoms with Crippen molar-refractivity contribution in [2.75, 3.05) is 26.2 Å². The molecule has 2 aliphatic heterocycles. The molecule has 4 amide bonds. The zero-order valence-electron chi connectivity index (χ0n) is 31.7. The van der Waals surface area contributed by atoms with Crippen molar-refractivity contribution < 1.29 is 29.1 Å². The fraction of sp³-hybridized carbons (Fsp3) is 0.372. The number of hydrogen-bond acceptors (Lipinski definition) is 8. The number of nitrogens with zero attached hydrogens (tertiary/aromatic N) is 1. The first-order chi connectivity index (χ1) is 27.6. The van der Waals surface area contributed by atoms with E-state index in [1.807, 2.05) is 90.4 Å². The maximum Gasteiger partial charge on any atom is 0.306 e. The van der Waals surface area contributed by atoms with Gasteiger partial charge in [-0.2, -0.15) is 0 Å². The molecule has 0 spiro atoms. The van der Waals surface area contributed by atoms with E-state index in [2.05, 4.69) is 26.3 Å². The minimum atomic E-state index is -1.15. The molecule has 7 rings (SSSR count). The molecule has 0 saturated carbocycles. The number of likely N-dealkylation sites (tertiary alicyclic amines) is 1. The van der Waals surface area contributed by atoms with Crippen LogP contribution in [0.25, 0.3) is 21.0 Å². The number of thiophene rings is 1. The van der Waals surface area contributed by atoms with Crippen molar-refractivity contribution in [1.82, 2.24) is 31.2 Å². The number of aliphatic carboxylic acids is 1. The van der Waals surface area contributed by atoms with Gasteiger partial charge in [-0.1, -0.05) is 66.7 Å². The van der Waals surface area contributed by atoms with Gasteiger partial charge in [0.2, 0.25) is 23.6 Å². The first kappa shape index (κ1) is 39.7. The minimum absolute atomic E-state index is 0.0897. The number of piperidine rings is 2. The van der Waals surface area contributed by atoms with Crippen LogP contribution in [0.2, 0.25) is 0 Å². The van der Waals surface area contributed by atoms with E-state index < -0.39 is 53.3 Å². The number of amides is 4. The van der Waals surface area contributed by atoms with Crippen molar-refractivity contribution in [2.24, 2.45) is 11.7 Å². The lowest BCUT2D eigenvalue weighted by Gasteiger charge is -2.34. The van der Waals surface area contributed by atoms with Gasteiger partial charge in [-0.3, -0.25) is 24.0 Å². The first-order valence-electron chi connectivity index (χ1n) is 19.5. The number of aromatic nitrogens is 1. The van der Waals surface area contributed by atoms with Crippen LogP contribution in [0.3, 0.4) is 0 Å². The van der Waals surface area contributed by atoms with Crippen LogP contribution >= 0.6 is 11.3 Å². The lowest BCUT2D eigenvalue weighted by Crippen LogP contribution is -2.63. The van der Waals surface area contributed by atoms with Crippen LogP contribution in [-0.4, -0.2) is 94.4 Å². The Balaban J connectivity index is 1.18. The van der Waals surface area contributed by atoms with Gasteiger partial charge in [0.1, 0.15) is 18.1 Å². The molecule has 5 aromatic rings. The quantitative estimate of drug-likeness (QED) is 0.0890. The predicted molar refractivity (Wildman–Crippen MR) is 219 cm³/mol. The molecule has 13 nitrogen and oxygen atoms in total. The maximum atomic E-state index is 14.7. The zero-order valence-corrected chi connectivity index (χ0v) is 32.5. The van der Waals surface area contributed by atoms with Crippen LogP contribution in [0.5, 0.6) is 0 Å². The van der Waals surface area contributed by atoms with Crippen molar-refractivity contribution in [3.63, 3.8) is 0 Å². The van der Waals surface area contributed by atoms with Gasteiger partial charge in [0.15, 0.2) is 0 Å². The summed E-state index contributed by atoms with van der Waals surface area (Å²) in [5, 5.41) is 25.6. The van der Waals surface area contributed by atoms with Gasteiger partial charge in [-0.25, -0.2) is 0 Å². The standard InChI is InChI=1S/C43H49N7O6S/c44-43(16-18-45-19-17-43)42(56)49-34(22-27-8-2-1-3-9-27)38(51)47-35(23-29-25-46-33-12-6-4-10-31(29)33)39(52)48-36(24-30-26-57-37-13-7-5-11-32(30)37)40(53)50-20-14-28(15-21-50)41(54)55/h1-13,25-26,28,34-36,45-46H,14-24,44H2,(H,47,51)(H,48,52)(H,49,56)(H,54,55)/t34-,35+,36+/m0/s1. The Hall–Kier alpha value is -5.57. The van der Waals surface area contributed by atoms with Gasteiger partial charge in [0.25, 0.3) is 0 Å². The minimum Gasteiger partial charge on any atom is -0.481 e. The predicted octanol–water partition coefficient (Wildman–Crippen LogP) is 3.27. The molecule has 2 aliphatic rings. The van der Waals surface area contributed by atoms with E-state index in [9.17, 15) is 29.1 Å². The highest BCUT2D eigenvalue weighted by Gasteiger charge is 2.39. The van der Waals surface area contributed by atoms with E-state index in [-0.39, 0.29) is 38.3 Å². The number of carbonyl (C=O) groups is 5. The molecule has 3 aromatic carbocycles. The Kier molecular flexibility index (Phi) is 12.3. The molecule has 0 bridgehead atoms. The Morgan fingerprint density at radius 2 is 1.39 bits per heavy atom. The van der Waals surface area contributed by atoms with E-state index in [1.165, 1.54) is 0 Å². The second kappa shape index (κ2) is 17.7. The van der Waals surface area contributed by atoms with Gasteiger partial charge in [-0.15, -0.1) is 11.3 Å². The summed E-state index contributed by atoms with van der Waals surface area (Å²) in [5.74, 6) is -3.29. The van der Waals surface area contributed by atoms with Gasteiger partial charge in [-0.05, 0) is 78.4 Å². The van der Waals surface area contributed by atoms with E-state index in [1.54, 1.807) is 16.2 Å². The second-order valence-electron chi connectivity index (χ2n) is 15.2. The van der Waals surface area contributed by atoms with Crippen molar-refractivity contribution in [1.29, 1.82) is 0 Å². The number of carboxylic acids is 1. The highest BCUT2D eigenvalue weighted by Crippen LogP contribution is 2.28. The summed E-state index contributed by atoms with van der Waals surface area (Å²) in [7, 11) is 0. The van der Waals surface area contributed by atoms with Gasteiger partial charge in [0, 0.05) is 54.2 Å². The van der Waals surface area contributed by atoms with Crippen LogP contribution in [0.15, 0.2) is 90.4 Å². The van der Waals surface area contributed by atoms with Crippen molar-refractivity contribution in [3.8, 4) is 0 Å². The van der Waals surface area contributed by atoms with Crippen LogP contribution in [0, 0.1) is 5.92 Å². The summed E-state index contributed by atoms with van der Waals surface area (Å²) < 4.78 is 1.05. The van der Waals surface area contributed by atoms with Crippen molar-refractivity contribution >= 4 is 61.9 Å². The summed E-state index contributed by atoms with van der Waals surface area (Å²) >= 11 is 1.55. The molecule has 0 unspecified atom stereocenters. The molecule has 2 saturated heterocycles. The highest BCUT2D eigenvalue weighted by atomic mass is 32.1. The molecular formula is C43H49N7O6S. The number of para-hydroxylation sites is 1. The number of carboxylic acid groups (broad SMARTS) is 1. The van der Waals surface area contributed by atoms with E-state index >= 15 is 0 Å². The number of hydrogen-bond donors (Lipinski definition) is 7. The first-order valence-corrected chi connectivity index (χ1v) is 20.4. The van der Waals surface area contributed by atoms with Crippen molar-refractivity contribution in [2.45, 2.75) is 68.6 Å². The SMILES string of the molecule is NC1(C(=O)N[C@@H](Cc2ccccc2)C(=O)N[C@H](Cc2c[nH]c3ccccc23)C(=O)N[C@H](Cc2csc3ccccc23)C(=O)N2CCC(C(=O)O)CC2)CCNCC1.